The molecule has 0 saturated carbocycles. The predicted octanol–water partition coefficient (Wildman–Crippen LogP) is 2.57. The van der Waals surface area contributed by atoms with Gasteiger partial charge in [0.2, 0.25) is 11.9 Å². The third-order valence-corrected chi connectivity index (χ3v) is 5.35. The van der Waals surface area contributed by atoms with Crippen LogP contribution in [-0.2, 0) is 4.74 Å². The number of aliphatic imine (C=N–C) groups is 1. The molecule has 1 aromatic heterocycles. The van der Waals surface area contributed by atoms with Crippen molar-refractivity contribution in [2.45, 2.75) is 13.0 Å². The van der Waals surface area contributed by atoms with Crippen molar-refractivity contribution >= 4 is 41.5 Å². The van der Waals surface area contributed by atoms with Crippen LogP contribution in [-0.4, -0.2) is 82.8 Å². The number of amidine groups is 1. The zero-order valence-corrected chi connectivity index (χ0v) is 19.3. The number of ether oxygens (including phenoxy) is 1. The number of aromatic nitrogens is 3. The van der Waals surface area contributed by atoms with E-state index in [-0.39, 0.29) is 0 Å². The molecular formula is C23H28ClN7O2. The highest BCUT2D eigenvalue weighted by Gasteiger charge is 2.16. The average molecular weight is 470 g/mol. The van der Waals surface area contributed by atoms with Crippen molar-refractivity contribution < 1.29 is 9.84 Å². The van der Waals surface area contributed by atoms with Crippen LogP contribution in [0.25, 0.3) is 12.2 Å². The lowest BCUT2D eigenvalue weighted by molar-refractivity contribution is 0.0171. The van der Waals surface area contributed by atoms with Gasteiger partial charge in [0.25, 0.3) is 0 Å². The first-order chi connectivity index (χ1) is 16.0. The van der Waals surface area contributed by atoms with Crippen LogP contribution >= 0.6 is 11.6 Å². The summed E-state index contributed by atoms with van der Waals surface area (Å²) in [5, 5.41) is 17.4. The zero-order valence-electron chi connectivity index (χ0n) is 18.5. The summed E-state index contributed by atoms with van der Waals surface area (Å²) in [6.07, 6.45) is 5.08. The third-order valence-electron chi connectivity index (χ3n) is 5.12. The molecule has 1 fully saturated rings. The Morgan fingerprint density at radius 1 is 1.18 bits per heavy atom. The van der Waals surface area contributed by atoms with Crippen LogP contribution in [0.15, 0.2) is 40.9 Å². The van der Waals surface area contributed by atoms with Gasteiger partial charge in [-0.2, -0.15) is 15.0 Å². The van der Waals surface area contributed by atoms with E-state index in [2.05, 4.69) is 35.5 Å². The molecule has 0 aliphatic carbocycles. The highest BCUT2D eigenvalue weighted by Crippen LogP contribution is 2.15. The van der Waals surface area contributed by atoms with Crippen molar-refractivity contribution in [1.29, 1.82) is 0 Å². The van der Waals surface area contributed by atoms with Crippen molar-refractivity contribution in [2.24, 2.45) is 4.99 Å². The molecule has 1 unspecified atom stereocenters. The maximum absolute atomic E-state index is 10.5. The van der Waals surface area contributed by atoms with Crippen LogP contribution in [0.4, 0.5) is 11.9 Å². The Kier molecular flexibility index (Phi) is 8.01. The summed E-state index contributed by atoms with van der Waals surface area (Å²) >= 11 is 6.08. The molecule has 3 N–H and O–H groups in total. The summed E-state index contributed by atoms with van der Waals surface area (Å²) in [6, 6.07) is 7.52. The van der Waals surface area contributed by atoms with Gasteiger partial charge < -0.3 is 20.5 Å². The van der Waals surface area contributed by atoms with Crippen LogP contribution in [0.3, 0.4) is 0 Å². The van der Waals surface area contributed by atoms with Crippen LogP contribution in [0, 0.1) is 0 Å². The van der Waals surface area contributed by atoms with E-state index < -0.39 is 6.10 Å². The fourth-order valence-electron chi connectivity index (χ4n) is 3.46. The normalized spacial score (nSPS) is 17.7. The third kappa shape index (κ3) is 7.33. The lowest BCUT2D eigenvalue weighted by Gasteiger charge is -2.28. The number of β-amino-alcohol motifs (C(OH)–C–C–N with tert-alkyl or cyclic N) is 1. The van der Waals surface area contributed by atoms with Gasteiger partial charge in [-0.25, -0.2) is 0 Å². The lowest BCUT2D eigenvalue weighted by Crippen LogP contribution is -2.42. The van der Waals surface area contributed by atoms with E-state index in [1.807, 2.05) is 43.3 Å². The van der Waals surface area contributed by atoms with Crippen molar-refractivity contribution in [2.75, 3.05) is 56.6 Å². The molecular weight excluding hydrogens is 442 g/mol. The van der Waals surface area contributed by atoms with Crippen molar-refractivity contribution in [3.63, 3.8) is 0 Å². The van der Waals surface area contributed by atoms with E-state index in [4.69, 9.17) is 16.3 Å². The largest absolute Gasteiger partial charge is 0.390 e. The molecule has 0 amide bonds. The fraction of sp³-hybridized carbons (Fsp3) is 0.391. The molecule has 2 aromatic rings. The molecule has 1 saturated heterocycles. The molecule has 0 bridgehead atoms. The van der Waals surface area contributed by atoms with Gasteiger partial charge in [-0.3, -0.25) is 9.89 Å². The summed E-state index contributed by atoms with van der Waals surface area (Å²) in [7, 11) is 0. The first-order valence-electron chi connectivity index (χ1n) is 10.9. The van der Waals surface area contributed by atoms with E-state index in [1.54, 1.807) is 6.08 Å². The van der Waals surface area contributed by atoms with Gasteiger partial charge in [-0.1, -0.05) is 29.8 Å². The van der Waals surface area contributed by atoms with Gasteiger partial charge in [0, 0.05) is 31.2 Å². The number of hydrogen-bond donors (Lipinski definition) is 3. The fourth-order valence-corrected chi connectivity index (χ4v) is 3.66. The van der Waals surface area contributed by atoms with E-state index in [1.165, 1.54) is 0 Å². The van der Waals surface area contributed by atoms with E-state index in [9.17, 15) is 5.11 Å². The van der Waals surface area contributed by atoms with Gasteiger partial charge >= 0.3 is 0 Å². The van der Waals surface area contributed by atoms with Crippen molar-refractivity contribution in [3.8, 4) is 0 Å². The second-order valence-corrected chi connectivity index (χ2v) is 8.43. The number of halogens is 1. The molecule has 1 aromatic carbocycles. The van der Waals surface area contributed by atoms with E-state index in [0.717, 1.165) is 24.2 Å². The van der Waals surface area contributed by atoms with Crippen LogP contribution in [0.2, 0.25) is 5.02 Å². The van der Waals surface area contributed by atoms with E-state index >= 15 is 0 Å². The number of benzene rings is 1. The van der Waals surface area contributed by atoms with Crippen LogP contribution in [0.5, 0.6) is 0 Å². The van der Waals surface area contributed by atoms with Crippen LogP contribution in [0.1, 0.15) is 18.3 Å². The minimum absolute atomic E-state index is 0.318. The minimum Gasteiger partial charge on any atom is -0.390 e. The Labute approximate surface area is 198 Å². The van der Waals surface area contributed by atoms with Gasteiger partial charge in [0.1, 0.15) is 5.84 Å². The van der Waals surface area contributed by atoms with Crippen molar-refractivity contribution in [3.05, 3.63) is 52.3 Å². The lowest BCUT2D eigenvalue weighted by atomic mass is 10.2. The number of rotatable bonds is 8. The quantitative estimate of drug-likeness (QED) is 0.541. The SMILES string of the molecule is CC1=CC(Nc2nc(/C=C/c3cccc(Cl)c3)nc(NCC(O)CN3CCOCC3)n2)=NC1. The predicted molar refractivity (Wildman–Crippen MR) is 132 cm³/mol. The van der Waals surface area contributed by atoms with Gasteiger partial charge in [-0.05, 0) is 42.3 Å². The number of nitrogens with zero attached hydrogens (tertiary/aromatic N) is 5. The van der Waals surface area contributed by atoms with Crippen LogP contribution < -0.4 is 10.6 Å². The average Bonchev–Trinajstić information content (AvgIpc) is 3.21. The highest BCUT2D eigenvalue weighted by molar-refractivity contribution is 6.30. The Bertz CT molecular complexity index is 1050. The second-order valence-electron chi connectivity index (χ2n) is 7.99. The zero-order chi connectivity index (χ0) is 23.0. The standard InChI is InChI=1S/C23H28ClN7O2/c1-16-11-21(25-13-16)29-23-28-20(6-5-17-3-2-4-18(24)12-17)27-22(30-23)26-14-19(32)15-31-7-9-33-10-8-31/h2-6,11-12,19,32H,7-10,13-15H2,1H3,(H2,25,26,27,28,29,30)/b6-5+. The summed E-state index contributed by atoms with van der Waals surface area (Å²) in [4.78, 5) is 20.0. The molecule has 0 spiro atoms. The molecule has 2 aliphatic rings. The number of aliphatic hydroxyl groups excluding tert-OH is 1. The van der Waals surface area contributed by atoms with Gasteiger partial charge in [0.05, 0.1) is 25.9 Å². The Morgan fingerprint density at radius 3 is 2.76 bits per heavy atom. The summed E-state index contributed by atoms with van der Waals surface area (Å²) < 4.78 is 5.36. The molecule has 9 nitrogen and oxygen atoms in total. The topological polar surface area (TPSA) is 108 Å². The monoisotopic (exact) mass is 469 g/mol. The molecule has 1 atom stereocenters. The highest BCUT2D eigenvalue weighted by atomic mass is 35.5. The summed E-state index contributed by atoms with van der Waals surface area (Å²) in [5.74, 6) is 1.93. The van der Waals surface area contributed by atoms with Crippen molar-refractivity contribution in [1.82, 2.24) is 19.9 Å². The first kappa shape index (κ1) is 23.3. The summed E-state index contributed by atoms with van der Waals surface area (Å²) in [5.41, 5.74) is 2.10. The minimum atomic E-state index is -0.563. The second kappa shape index (κ2) is 11.3. The van der Waals surface area contributed by atoms with Gasteiger partial charge in [0.15, 0.2) is 5.82 Å². The number of nitrogens with one attached hydrogen (secondary N) is 2. The Balaban J connectivity index is 1.46. The molecule has 2 aliphatic heterocycles. The molecule has 0 radical (unpaired) electrons. The summed E-state index contributed by atoms with van der Waals surface area (Å²) in [6.45, 7) is 6.61. The van der Waals surface area contributed by atoms with Gasteiger partial charge in [-0.15, -0.1) is 0 Å². The Morgan fingerprint density at radius 2 is 2.00 bits per heavy atom. The number of aliphatic hydroxyl groups is 1. The maximum atomic E-state index is 10.5. The number of morpholine rings is 1. The number of hydrogen-bond acceptors (Lipinski definition) is 9. The molecule has 174 valence electrons. The molecule has 4 rings (SSSR count). The maximum Gasteiger partial charge on any atom is 0.233 e. The number of anilines is 2. The molecule has 3 heterocycles. The van der Waals surface area contributed by atoms with E-state index in [0.29, 0.717) is 61.4 Å². The molecule has 33 heavy (non-hydrogen) atoms. The molecule has 10 heteroatoms. The Hall–Kier alpha value is -2.85. The first-order valence-corrected chi connectivity index (χ1v) is 11.3. The smallest absolute Gasteiger partial charge is 0.233 e.